The van der Waals surface area contributed by atoms with Crippen molar-refractivity contribution in [2.75, 3.05) is 6.26 Å². The Balaban J connectivity index is 2.15. The summed E-state index contributed by atoms with van der Waals surface area (Å²) in [6, 6.07) is 7.54. The SMILES string of the molecule is CCCC[C@H]1c2[nH]c3ccccc3c2C[C@@H](C(=O)O)N1C(=S)SC. The lowest BCUT2D eigenvalue weighted by molar-refractivity contribution is -0.142. The van der Waals surface area contributed by atoms with E-state index in [0.717, 1.165) is 41.4 Å². The first-order valence-electron chi connectivity index (χ1n) is 8.27. The number of hydrogen-bond donors (Lipinski definition) is 2. The molecule has 1 aromatic carbocycles. The van der Waals surface area contributed by atoms with Crippen molar-refractivity contribution in [1.29, 1.82) is 0 Å². The van der Waals surface area contributed by atoms with Crippen LogP contribution in [0.1, 0.15) is 43.5 Å². The average Bonchev–Trinajstić information content (AvgIpc) is 2.96. The van der Waals surface area contributed by atoms with E-state index in [-0.39, 0.29) is 6.04 Å². The molecule has 0 fully saturated rings. The minimum atomic E-state index is -0.802. The number of carbonyl (C=O) groups is 1. The van der Waals surface area contributed by atoms with Gasteiger partial charge in [0.2, 0.25) is 0 Å². The largest absolute Gasteiger partial charge is 0.480 e. The Morgan fingerprint density at radius 2 is 2.21 bits per heavy atom. The number of benzene rings is 1. The van der Waals surface area contributed by atoms with Crippen molar-refractivity contribution in [2.24, 2.45) is 0 Å². The van der Waals surface area contributed by atoms with Crippen LogP contribution in [-0.2, 0) is 11.2 Å². The van der Waals surface area contributed by atoms with E-state index in [4.69, 9.17) is 12.2 Å². The molecule has 0 aliphatic carbocycles. The van der Waals surface area contributed by atoms with Crippen molar-refractivity contribution < 1.29 is 9.90 Å². The first kappa shape index (κ1) is 17.3. The number of nitrogens with zero attached hydrogens (tertiary/aromatic N) is 1. The van der Waals surface area contributed by atoms with Crippen LogP contribution in [0.15, 0.2) is 24.3 Å². The van der Waals surface area contributed by atoms with Gasteiger partial charge in [-0.2, -0.15) is 0 Å². The summed E-state index contributed by atoms with van der Waals surface area (Å²) in [6.07, 6.45) is 5.42. The van der Waals surface area contributed by atoms with E-state index in [9.17, 15) is 9.90 Å². The van der Waals surface area contributed by atoms with Gasteiger partial charge in [-0.25, -0.2) is 4.79 Å². The van der Waals surface area contributed by atoms with Crippen molar-refractivity contribution in [3.63, 3.8) is 0 Å². The standard InChI is InChI=1S/C18H22N2O2S2/c1-3-4-9-14-16-12(11-7-5-6-8-13(11)19-16)10-15(17(21)22)20(14)18(23)24-2/h5-8,14-15,19H,3-4,9-10H2,1-2H3,(H,21,22)/t14-,15-/m0/s1. The molecule has 0 radical (unpaired) electrons. The van der Waals surface area contributed by atoms with Crippen LogP contribution in [-0.4, -0.2) is 37.6 Å². The van der Waals surface area contributed by atoms with Crippen LogP contribution >= 0.6 is 24.0 Å². The van der Waals surface area contributed by atoms with Crippen LogP contribution in [0, 0.1) is 0 Å². The second-order valence-electron chi connectivity index (χ2n) is 6.16. The van der Waals surface area contributed by atoms with Crippen LogP contribution in [0.2, 0.25) is 0 Å². The highest BCUT2D eigenvalue weighted by Crippen LogP contribution is 2.41. The number of unbranched alkanes of at least 4 members (excludes halogenated alkanes) is 1. The molecule has 6 heteroatoms. The van der Waals surface area contributed by atoms with Gasteiger partial charge < -0.3 is 15.0 Å². The number of H-pyrrole nitrogens is 1. The van der Waals surface area contributed by atoms with E-state index in [0.29, 0.717) is 10.7 Å². The molecule has 1 aliphatic rings. The second kappa shape index (κ2) is 7.15. The normalized spacial score (nSPS) is 20.2. The monoisotopic (exact) mass is 362 g/mol. The number of rotatable bonds is 4. The summed E-state index contributed by atoms with van der Waals surface area (Å²) >= 11 is 6.97. The van der Waals surface area contributed by atoms with Crippen LogP contribution in [0.25, 0.3) is 10.9 Å². The fraction of sp³-hybridized carbons (Fsp3) is 0.444. The van der Waals surface area contributed by atoms with Gasteiger partial charge in [-0.3, -0.25) is 0 Å². The van der Waals surface area contributed by atoms with Crippen LogP contribution in [0.5, 0.6) is 0 Å². The highest BCUT2D eigenvalue weighted by atomic mass is 32.2. The maximum absolute atomic E-state index is 12.0. The molecule has 0 amide bonds. The third-order valence-corrected chi connectivity index (χ3v) is 6.02. The lowest BCUT2D eigenvalue weighted by Crippen LogP contribution is -2.49. The van der Waals surface area contributed by atoms with Crippen molar-refractivity contribution in [3.8, 4) is 0 Å². The summed E-state index contributed by atoms with van der Waals surface area (Å²) in [5, 5.41) is 10.9. The number of carboxylic acids is 1. The van der Waals surface area contributed by atoms with Gasteiger partial charge in [-0.05, 0) is 24.3 Å². The van der Waals surface area contributed by atoms with E-state index >= 15 is 0 Å². The summed E-state index contributed by atoms with van der Waals surface area (Å²) in [6.45, 7) is 2.15. The molecule has 128 valence electrons. The van der Waals surface area contributed by atoms with Crippen LogP contribution in [0.3, 0.4) is 0 Å². The third kappa shape index (κ3) is 2.93. The van der Waals surface area contributed by atoms with Crippen molar-refractivity contribution in [1.82, 2.24) is 9.88 Å². The van der Waals surface area contributed by atoms with E-state index in [1.807, 2.05) is 23.3 Å². The molecule has 0 spiro atoms. The smallest absolute Gasteiger partial charge is 0.326 e. The van der Waals surface area contributed by atoms with Gasteiger partial charge in [0, 0.05) is 23.0 Å². The first-order valence-corrected chi connectivity index (χ1v) is 9.90. The highest BCUT2D eigenvalue weighted by Gasteiger charge is 2.40. The molecule has 0 saturated carbocycles. The molecule has 4 nitrogen and oxygen atoms in total. The molecule has 2 aromatic rings. The topological polar surface area (TPSA) is 56.3 Å². The molecular weight excluding hydrogens is 340 g/mol. The number of thioether (sulfide) groups is 1. The van der Waals surface area contributed by atoms with Gasteiger partial charge in [0.1, 0.15) is 10.4 Å². The molecule has 0 saturated heterocycles. The second-order valence-corrected chi connectivity index (χ2v) is 7.60. The fourth-order valence-electron chi connectivity index (χ4n) is 3.62. The van der Waals surface area contributed by atoms with E-state index in [2.05, 4.69) is 24.0 Å². The molecular formula is C18H22N2O2S2. The molecule has 24 heavy (non-hydrogen) atoms. The Bertz CT molecular complexity index is 771. The third-order valence-electron chi connectivity index (χ3n) is 4.75. The number of nitrogens with one attached hydrogen (secondary N) is 1. The van der Waals surface area contributed by atoms with Gasteiger partial charge in [0.15, 0.2) is 0 Å². The number of carboxylic acid groups (broad SMARTS) is 1. The lowest BCUT2D eigenvalue weighted by atomic mass is 9.90. The zero-order chi connectivity index (χ0) is 17.3. The van der Waals surface area contributed by atoms with E-state index in [1.54, 1.807) is 0 Å². The van der Waals surface area contributed by atoms with Gasteiger partial charge in [0.05, 0.1) is 6.04 Å². The number of para-hydroxylation sites is 1. The van der Waals surface area contributed by atoms with Crippen molar-refractivity contribution in [2.45, 2.75) is 44.7 Å². The average molecular weight is 363 g/mol. The van der Waals surface area contributed by atoms with Crippen LogP contribution < -0.4 is 0 Å². The van der Waals surface area contributed by atoms with E-state index in [1.165, 1.54) is 11.8 Å². The number of aromatic nitrogens is 1. The maximum atomic E-state index is 12.0. The summed E-state index contributed by atoms with van der Waals surface area (Å²) in [4.78, 5) is 17.4. The summed E-state index contributed by atoms with van der Waals surface area (Å²) < 4.78 is 0.660. The zero-order valence-electron chi connectivity index (χ0n) is 13.9. The van der Waals surface area contributed by atoms with Crippen molar-refractivity contribution >= 4 is 45.2 Å². The minimum Gasteiger partial charge on any atom is -0.480 e. The molecule has 1 aliphatic heterocycles. The Hall–Kier alpha value is -1.53. The Morgan fingerprint density at radius 3 is 2.88 bits per heavy atom. The van der Waals surface area contributed by atoms with Gasteiger partial charge in [0.25, 0.3) is 0 Å². The van der Waals surface area contributed by atoms with Gasteiger partial charge >= 0.3 is 5.97 Å². The Labute approximate surface area is 151 Å². The fourth-order valence-corrected chi connectivity index (χ4v) is 4.34. The molecule has 3 rings (SSSR count). The molecule has 1 aromatic heterocycles. The molecule has 2 heterocycles. The number of fused-ring (bicyclic) bond motifs is 3. The van der Waals surface area contributed by atoms with Gasteiger partial charge in [-0.1, -0.05) is 50.2 Å². The number of aliphatic carboxylic acids is 1. The number of aromatic amines is 1. The predicted molar refractivity (Wildman–Crippen MR) is 104 cm³/mol. The zero-order valence-corrected chi connectivity index (χ0v) is 15.5. The lowest BCUT2D eigenvalue weighted by Gasteiger charge is -2.41. The number of hydrogen-bond acceptors (Lipinski definition) is 3. The number of thiocarbonyl (C=S) groups is 1. The first-order chi connectivity index (χ1) is 11.6. The molecule has 2 N–H and O–H groups in total. The summed E-state index contributed by atoms with van der Waals surface area (Å²) in [5.41, 5.74) is 3.35. The Kier molecular flexibility index (Phi) is 5.15. The van der Waals surface area contributed by atoms with E-state index < -0.39 is 12.0 Å². The predicted octanol–water partition coefficient (Wildman–Crippen LogP) is 4.36. The van der Waals surface area contributed by atoms with Gasteiger partial charge in [-0.15, -0.1) is 11.8 Å². The highest BCUT2D eigenvalue weighted by molar-refractivity contribution is 8.22. The van der Waals surface area contributed by atoms with Crippen molar-refractivity contribution in [3.05, 3.63) is 35.5 Å². The molecule has 2 atom stereocenters. The van der Waals surface area contributed by atoms with Crippen LogP contribution in [0.4, 0.5) is 0 Å². The maximum Gasteiger partial charge on any atom is 0.326 e. The summed E-state index contributed by atoms with van der Waals surface area (Å²) in [5.74, 6) is -0.802. The summed E-state index contributed by atoms with van der Waals surface area (Å²) in [7, 11) is 0. The Morgan fingerprint density at radius 1 is 1.46 bits per heavy atom. The quantitative estimate of drug-likeness (QED) is 0.792. The minimum absolute atomic E-state index is 0.00199. The molecule has 0 bridgehead atoms. The molecule has 0 unspecified atom stereocenters.